The van der Waals surface area contributed by atoms with Crippen molar-refractivity contribution >= 4 is 28.8 Å². The molecule has 2 fully saturated rings. The summed E-state index contributed by atoms with van der Waals surface area (Å²) in [5.41, 5.74) is -1.41. The molecule has 0 spiro atoms. The van der Waals surface area contributed by atoms with Gasteiger partial charge in [0.25, 0.3) is 11.1 Å². The monoisotopic (exact) mass is 344 g/mol. The minimum Gasteiger partial charge on any atom is -0.334 e. The first kappa shape index (κ1) is 15.9. The maximum Gasteiger partial charge on any atom is 0.417 e. The Kier molecular flexibility index (Phi) is 3.83. The maximum atomic E-state index is 12.9. The van der Waals surface area contributed by atoms with Crippen LogP contribution >= 0.6 is 11.8 Å². The first-order valence-electron chi connectivity index (χ1n) is 6.73. The summed E-state index contributed by atoms with van der Waals surface area (Å²) in [6.45, 7) is 0.117. The molecule has 2 heterocycles. The second-order valence-electron chi connectivity index (χ2n) is 5.23. The number of hydrogen-bond acceptors (Lipinski definition) is 4. The predicted octanol–water partition coefficient (Wildman–Crippen LogP) is 2.23. The SMILES string of the molecule is O=C(c1ccccc1C(F)(F)F)N1CC(N2C(=O)CSC2=O)C1. The summed E-state index contributed by atoms with van der Waals surface area (Å²) in [6, 6.07) is 4.11. The molecule has 5 nitrogen and oxygen atoms in total. The highest BCUT2D eigenvalue weighted by molar-refractivity contribution is 8.14. The molecule has 2 aliphatic rings. The van der Waals surface area contributed by atoms with Crippen molar-refractivity contribution in [2.45, 2.75) is 12.2 Å². The lowest BCUT2D eigenvalue weighted by atomic mass is 10.0. The zero-order valence-corrected chi connectivity index (χ0v) is 12.5. The highest BCUT2D eigenvalue weighted by Crippen LogP contribution is 2.33. The minimum atomic E-state index is -4.62. The van der Waals surface area contributed by atoms with E-state index in [-0.39, 0.29) is 30.0 Å². The number of benzene rings is 1. The van der Waals surface area contributed by atoms with Gasteiger partial charge in [-0.25, -0.2) is 0 Å². The van der Waals surface area contributed by atoms with E-state index < -0.39 is 29.3 Å². The van der Waals surface area contributed by atoms with Crippen molar-refractivity contribution in [3.63, 3.8) is 0 Å². The Morgan fingerprint density at radius 3 is 2.39 bits per heavy atom. The van der Waals surface area contributed by atoms with Crippen LogP contribution in [-0.2, 0) is 11.0 Å². The summed E-state index contributed by atoms with van der Waals surface area (Å²) in [5.74, 6) is -1.01. The Morgan fingerprint density at radius 1 is 1.17 bits per heavy atom. The van der Waals surface area contributed by atoms with Crippen LogP contribution in [0.2, 0.25) is 0 Å². The first-order valence-corrected chi connectivity index (χ1v) is 7.72. The quantitative estimate of drug-likeness (QED) is 0.826. The second-order valence-corrected chi connectivity index (χ2v) is 6.15. The standard InChI is InChI=1S/C14H11F3N2O3S/c15-14(16,17)10-4-2-1-3-9(10)12(21)18-5-8(6-18)19-11(20)7-23-13(19)22/h1-4,8H,5-7H2. The smallest absolute Gasteiger partial charge is 0.334 e. The topological polar surface area (TPSA) is 57.7 Å². The molecule has 0 unspecified atom stereocenters. The van der Waals surface area contributed by atoms with Crippen molar-refractivity contribution < 1.29 is 27.6 Å². The highest BCUT2D eigenvalue weighted by Gasteiger charge is 2.44. The number of nitrogens with zero attached hydrogens (tertiary/aromatic N) is 2. The number of thioether (sulfide) groups is 1. The third-order valence-corrected chi connectivity index (χ3v) is 4.60. The third kappa shape index (κ3) is 2.80. The van der Waals surface area contributed by atoms with Crippen LogP contribution in [0.25, 0.3) is 0 Å². The van der Waals surface area contributed by atoms with Gasteiger partial charge in [-0.3, -0.25) is 19.3 Å². The van der Waals surface area contributed by atoms with E-state index in [2.05, 4.69) is 0 Å². The van der Waals surface area contributed by atoms with E-state index in [1.54, 1.807) is 0 Å². The van der Waals surface area contributed by atoms with Crippen LogP contribution in [0.5, 0.6) is 0 Å². The van der Waals surface area contributed by atoms with Gasteiger partial charge in [-0.05, 0) is 12.1 Å². The van der Waals surface area contributed by atoms with E-state index in [4.69, 9.17) is 0 Å². The number of hydrogen-bond donors (Lipinski definition) is 0. The second kappa shape index (κ2) is 5.55. The van der Waals surface area contributed by atoms with Gasteiger partial charge in [0.15, 0.2) is 0 Å². The molecule has 2 aliphatic heterocycles. The number of carbonyl (C=O) groups is 3. The van der Waals surface area contributed by atoms with Crippen LogP contribution in [0.3, 0.4) is 0 Å². The van der Waals surface area contributed by atoms with Gasteiger partial charge in [-0.15, -0.1) is 0 Å². The summed E-state index contributed by atoms with van der Waals surface area (Å²) < 4.78 is 38.8. The molecule has 0 saturated carbocycles. The molecule has 3 rings (SSSR count). The largest absolute Gasteiger partial charge is 0.417 e. The molecule has 3 amide bonds. The van der Waals surface area contributed by atoms with Gasteiger partial charge in [0.1, 0.15) is 0 Å². The van der Waals surface area contributed by atoms with E-state index in [9.17, 15) is 27.6 Å². The summed E-state index contributed by atoms with van der Waals surface area (Å²) >= 11 is 0.888. The first-order chi connectivity index (χ1) is 10.8. The number of halogens is 3. The fourth-order valence-electron chi connectivity index (χ4n) is 2.59. The van der Waals surface area contributed by atoms with Crippen molar-refractivity contribution in [3.05, 3.63) is 35.4 Å². The number of rotatable bonds is 2. The van der Waals surface area contributed by atoms with Crippen LogP contribution in [0.15, 0.2) is 24.3 Å². The third-order valence-electron chi connectivity index (χ3n) is 3.76. The molecule has 0 aromatic heterocycles. The molecule has 1 aromatic carbocycles. The average Bonchev–Trinajstić information content (AvgIpc) is 2.77. The molecule has 1 aromatic rings. The summed E-state index contributed by atoms with van der Waals surface area (Å²) in [6.07, 6.45) is -4.62. The fraction of sp³-hybridized carbons (Fsp3) is 0.357. The van der Waals surface area contributed by atoms with Gasteiger partial charge in [-0.2, -0.15) is 13.2 Å². The van der Waals surface area contributed by atoms with E-state index >= 15 is 0 Å². The van der Waals surface area contributed by atoms with Gasteiger partial charge >= 0.3 is 6.18 Å². The zero-order chi connectivity index (χ0) is 16.8. The number of likely N-dealkylation sites (tertiary alicyclic amines) is 1. The van der Waals surface area contributed by atoms with Gasteiger partial charge in [0.05, 0.1) is 22.9 Å². The molecule has 9 heteroatoms. The molecule has 0 bridgehead atoms. The lowest BCUT2D eigenvalue weighted by Gasteiger charge is -2.42. The minimum absolute atomic E-state index is 0.0586. The summed E-state index contributed by atoms with van der Waals surface area (Å²) in [4.78, 5) is 37.7. The van der Waals surface area contributed by atoms with Crippen LogP contribution in [0.1, 0.15) is 15.9 Å². The van der Waals surface area contributed by atoms with Gasteiger partial charge < -0.3 is 4.90 Å². The number of carbonyl (C=O) groups excluding carboxylic acids is 3. The van der Waals surface area contributed by atoms with Gasteiger partial charge in [0, 0.05) is 13.1 Å². The van der Waals surface area contributed by atoms with E-state index in [1.165, 1.54) is 17.0 Å². The Bertz CT molecular complexity index is 670. The molecule has 23 heavy (non-hydrogen) atoms. The number of imide groups is 1. The van der Waals surface area contributed by atoms with Crippen molar-refractivity contribution in [2.24, 2.45) is 0 Å². The lowest BCUT2D eigenvalue weighted by Crippen LogP contribution is -2.62. The van der Waals surface area contributed by atoms with E-state index in [0.29, 0.717) is 0 Å². The zero-order valence-electron chi connectivity index (χ0n) is 11.7. The summed E-state index contributed by atoms with van der Waals surface area (Å²) in [5, 5.41) is -0.372. The molecular weight excluding hydrogens is 333 g/mol. The molecular formula is C14H11F3N2O3S. The lowest BCUT2D eigenvalue weighted by molar-refractivity contribution is -0.138. The molecule has 0 radical (unpaired) electrons. The van der Waals surface area contributed by atoms with Gasteiger partial charge in [0.2, 0.25) is 5.91 Å². The Balaban J connectivity index is 1.73. The van der Waals surface area contributed by atoms with E-state index in [0.717, 1.165) is 28.8 Å². The van der Waals surface area contributed by atoms with Crippen molar-refractivity contribution in [3.8, 4) is 0 Å². The van der Waals surface area contributed by atoms with Gasteiger partial charge in [-0.1, -0.05) is 23.9 Å². The Morgan fingerprint density at radius 2 is 1.83 bits per heavy atom. The molecule has 122 valence electrons. The van der Waals surface area contributed by atoms with Crippen LogP contribution < -0.4 is 0 Å². The van der Waals surface area contributed by atoms with Crippen molar-refractivity contribution in [1.82, 2.24) is 9.80 Å². The highest BCUT2D eigenvalue weighted by atomic mass is 32.2. The Hall–Kier alpha value is -2.03. The summed E-state index contributed by atoms with van der Waals surface area (Å²) in [7, 11) is 0. The van der Waals surface area contributed by atoms with Crippen LogP contribution in [0, 0.1) is 0 Å². The van der Waals surface area contributed by atoms with Crippen LogP contribution in [0.4, 0.5) is 18.0 Å². The molecule has 0 aliphatic carbocycles. The molecule has 0 atom stereocenters. The maximum absolute atomic E-state index is 12.9. The fourth-order valence-corrected chi connectivity index (χ4v) is 3.36. The molecule has 2 saturated heterocycles. The number of alkyl halides is 3. The predicted molar refractivity (Wildman–Crippen MR) is 75.8 cm³/mol. The molecule has 0 N–H and O–H groups in total. The average molecular weight is 344 g/mol. The van der Waals surface area contributed by atoms with E-state index in [1.807, 2.05) is 0 Å². The Labute approximate surface area is 133 Å². The van der Waals surface area contributed by atoms with Crippen molar-refractivity contribution in [1.29, 1.82) is 0 Å². The number of amides is 3. The normalized spacial score (nSPS) is 19.3. The van der Waals surface area contributed by atoms with Crippen LogP contribution in [-0.4, -0.2) is 51.7 Å². The van der Waals surface area contributed by atoms with Crippen molar-refractivity contribution in [2.75, 3.05) is 18.8 Å².